The van der Waals surface area contributed by atoms with E-state index in [0.717, 1.165) is 23.9 Å². The van der Waals surface area contributed by atoms with E-state index in [9.17, 15) is 5.11 Å². The third-order valence-electron chi connectivity index (χ3n) is 4.14. The molecule has 1 N–H and O–H groups in total. The summed E-state index contributed by atoms with van der Waals surface area (Å²) in [6.45, 7) is 2.10. The lowest BCUT2D eigenvalue weighted by Crippen LogP contribution is -2.30. The number of aromatic nitrogens is 1. The van der Waals surface area contributed by atoms with Crippen LogP contribution in [0.5, 0.6) is 0 Å². The normalized spacial score (nSPS) is 19.0. The molecule has 1 atom stereocenters. The average Bonchev–Trinajstić information content (AvgIpc) is 3.04. The van der Waals surface area contributed by atoms with Gasteiger partial charge in [-0.05, 0) is 44.6 Å². The molecule has 1 aliphatic carbocycles. The third kappa shape index (κ3) is 2.05. The summed E-state index contributed by atoms with van der Waals surface area (Å²) < 4.78 is 5.52. The molecule has 2 aromatic rings. The minimum atomic E-state index is 0.0238. The number of fused-ring (bicyclic) bond motifs is 1. The number of nitrogens with zero attached hydrogens (tertiary/aromatic N) is 2. The van der Waals surface area contributed by atoms with Gasteiger partial charge in [0.05, 0.1) is 6.61 Å². The van der Waals surface area contributed by atoms with E-state index in [-0.39, 0.29) is 18.1 Å². The molecule has 1 unspecified atom stereocenters. The van der Waals surface area contributed by atoms with Crippen molar-refractivity contribution in [3.05, 3.63) is 29.7 Å². The second-order valence-electron chi connectivity index (χ2n) is 5.85. The Morgan fingerprint density at radius 1 is 1.42 bits per heavy atom. The quantitative estimate of drug-likeness (QED) is 0.917. The number of aryl methyl sites for hydroxylation is 1. The number of hydrogen-bond donors (Lipinski definition) is 1. The zero-order valence-electron chi connectivity index (χ0n) is 11.7. The molecule has 1 fully saturated rings. The fourth-order valence-corrected chi connectivity index (χ4v) is 3.11. The smallest absolute Gasteiger partial charge is 0.192 e. The molecular weight excluding hydrogens is 240 g/mol. The summed E-state index contributed by atoms with van der Waals surface area (Å²) in [7, 11) is 4.14. The first kappa shape index (κ1) is 12.6. The van der Waals surface area contributed by atoms with Crippen molar-refractivity contribution >= 4 is 11.1 Å². The number of aliphatic hydroxyl groups excluding tert-OH is 1. The van der Waals surface area contributed by atoms with Crippen LogP contribution in [0.25, 0.3) is 11.1 Å². The maximum absolute atomic E-state index is 9.69. The fourth-order valence-electron chi connectivity index (χ4n) is 3.11. The van der Waals surface area contributed by atoms with Crippen LogP contribution < -0.4 is 0 Å². The Hall–Kier alpha value is -1.39. The van der Waals surface area contributed by atoms with Crippen molar-refractivity contribution in [3.63, 3.8) is 0 Å². The molecule has 1 saturated carbocycles. The van der Waals surface area contributed by atoms with Crippen LogP contribution in [0, 0.1) is 12.3 Å². The maximum Gasteiger partial charge on any atom is 0.192 e. The molecule has 0 amide bonds. The van der Waals surface area contributed by atoms with Crippen LogP contribution in [0.2, 0.25) is 0 Å². The van der Waals surface area contributed by atoms with Gasteiger partial charge in [0, 0.05) is 18.4 Å². The molecular formula is C15H20N2O2. The predicted molar refractivity (Wildman–Crippen MR) is 73.9 cm³/mol. The van der Waals surface area contributed by atoms with Crippen molar-refractivity contribution in [1.82, 2.24) is 9.88 Å². The Morgan fingerprint density at radius 3 is 2.74 bits per heavy atom. The van der Waals surface area contributed by atoms with Gasteiger partial charge in [0.15, 0.2) is 11.5 Å². The van der Waals surface area contributed by atoms with Gasteiger partial charge in [0.25, 0.3) is 0 Å². The number of oxazole rings is 1. The second kappa shape index (κ2) is 4.32. The summed E-state index contributed by atoms with van der Waals surface area (Å²) in [6.07, 6.45) is 2.17. The molecule has 1 aromatic carbocycles. The molecule has 1 aliphatic rings. The van der Waals surface area contributed by atoms with Crippen LogP contribution in [-0.4, -0.2) is 35.7 Å². The highest BCUT2D eigenvalue weighted by Gasteiger charge is 2.50. The Morgan fingerprint density at radius 2 is 2.16 bits per heavy atom. The molecule has 0 bridgehead atoms. The van der Waals surface area contributed by atoms with E-state index in [1.54, 1.807) is 0 Å². The topological polar surface area (TPSA) is 49.5 Å². The van der Waals surface area contributed by atoms with Crippen LogP contribution in [-0.2, 0) is 0 Å². The first-order valence-electron chi connectivity index (χ1n) is 6.70. The highest BCUT2D eigenvalue weighted by Crippen LogP contribution is 2.56. The Labute approximate surface area is 113 Å². The van der Waals surface area contributed by atoms with Crippen molar-refractivity contribution in [1.29, 1.82) is 0 Å². The van der Waals surface area contributed by atoms with E-state index in [1.165, 1.54) is 5.56 Å². The lowest BCUT2D eigenvalue weighted by Gasteiger charge is -2.32. The largest absolute Gasteiger partial charge is 0.441 e. The van der Waals surface area contributed by atoms with Crippen LogP contribution in [0.4, 0.5) is 0 Å². The summed E-state index contributed by atoms with van der Waals surface area (Å²) in [4.78, 5) is 6.59. The van der Waals surface area contributed by atoms with Crippen molar-refractivity contribution < 1.29 is 9.52 Å². The van der Waals surface area contributed by atoms with E-state index >= 15 is 0 Å². The fraction of sp³-hybridized carbons (Fsp3) is 0.533. The minimum Gasteiger partial charge on any atom is -0.441 e. The number of rotatable bonds is 4. The molecule has 0 spiro atoms. The van der Waals surface area contributed by atoms with E-state index in [1.807, 2.05) is 13.0 Å². The Bertz CT molecular complexity index is 599. The van der Waals surface area contributed by atoms with Crippen LogP contribution in [0.3, 0.4) is 0 Å². The van der Waals surface area contributed by atoms with Gasteiger partial charge in [-0.2, -0.15) is 0 Å². The van der Waals surface area contributed by atoms with Gasteiger partial charge in [0.1, 0.15) is 5.52 Å². The standard InChI is InChI=1S/C15H20N2O2/c1-10-16-12-8-11(4-5-13(12)19-10)14(17(2)3)15(9-18)6-7-15/h4-5,8,14,18H,6-7,9H2,1-3H3. The summed E-state index contributed by atoms with van der Waals surface area (Å²) in [5, 5.41) is 9.69. The first-order valence-corrected chi connectivity index (χ1v) is 6.70. The highest BCUT2D eigenvalue weighted by molar-refractivity contribution is 5.73. The van der Waals surface area contributed by atoms with Gasteiger partial charge in [0.2, 0.25) is 0 Å². The Kier molecular flexibility index (Phi) is 2.87. The number of hydrogen-bond acceptors (Lipinski definition) is 4. The van der Waals surface area contributed by atoms with Gasteiger partial charge < -0.3 is 14.4 Å². The molecule has 0 radical (unpaired) electrons. The summed E-state index contributed by atoms with van der Waals surface area (Å²) in [6, 6.07) is 6.40. The average molecular weight is 260 g/mol. The van der Waals surface area contributed by atoms with Gasteiger partial charge in [-0.3, -0.25) is 0 Å². The summed E-state index contributed by atoms with van der Waals surface area (Å²) in [5.74, 6) is 0.692. The van der Waals surface area contributed by atoms with Crippen molar-refractivity contribution in [3.8, 4) is 0 Å². The van der Waals surface area contributed by atoms with E-state index in [4.69, 9.17) is 4.42 Å². The minimum absolute atomic E-state index is 0.0238. The number of benzene rings is 1. The SMILES string of the molecule is Cc1nc2cc(C(N(C)C)C3(CO)CC3)ccc2o1. The lowest BCUT2D eigenvalue weighted by molar-refractivity contribution is 0.116. The molecule has 102 valence electrons. The lowest BCUT2D eigenvalue weighted by atomic mass is 9.89. The van der Waals surface area contributed by atoms with E-state index in [0.29, 0.717) is 5.89 Å². The molecule has 3 rings (SSSR count). The predicted octanol–water partition coefficient (Wildman–Crippen LogP) is 2.51. The van der Waals surface area contributed by atoms with Gasteiger partial charge in [-0.25, -0.2) is 4.98 Å². The van der Waals surface area contributed by atoms with Crippen molar-refractivity contribution in [2.24, 2.45) is 5.41 Å². The van der Waals surface area contributed by atoms with Gasteiger partial charge in [-0.15, -0.1) is 0 Å². The van der Waals surface area contributed by atoms with Crippen molar-refractivity contribution in [2.45, 2.75) is 25.8 Å². The maximum atomic E-state index is 9.69. The Balaban J connectivity index is 2.05. The van der Waals surface area contributed by atoms with Gasteiger partial charge in [-0.1, -0.05) is 6.07 Å². The first-order chi connectivity index (χ1) is 9.05. The molecule has 0 aliphatic heterocycles. The molecule has 0 saturated heterocycles. The van der Waals surface area contributed by atoms with E-state index < -0.39 is 0 Å². The zero-order valence-corrected chi connectivity index (χ0v) is 11.7. The molecule has 1 aromatic heterocycles. The molecule has 4 heteroatoms. The molecule has 19 heavy (non-hydrogen) atoms. The van der Waals surface area contributed by atoms with Crippen molar-refractivity contribution in [2.75, 3.05) is 20.7 Å². The summed E-state index contributed by atoms with van der Waals surface area (Å²) in [5.41, 5.74) is 2.95. The summed E-state index contributed by atoms with van der Waals surface area (Å²) >= 11 is 0. The van der Waals surface area contributed by atoms with Gasteiger partial charge >= 0.3 is 0 Å². The molecule has 4 nitrogen and oxygen atoms in total. The van der Waals surface area contributed by atoms with E-state index in [2.05, 4.69) is 36.1 Å². The van der Waals surface area contributed by atoms with Crippen LogP contribution in [0.1, 0.15) is 30.3 Å². The molecule has 1 heterocycles. The zero-order chi connectivity index (χ0) is 13.6. The van der Waals surface area contributed by atoms with Crippen LogP contribution in [0.15, 0.2) is 22.6 Å². The monoisotopic (exact) mass is 260 g/mol. The number of aliphatic hydroxyl groups is 1. The van der Waals surface area contributed by atoms with Crippen LogP contribution >= 0.6 is 0 Å². The highest BCUT2D eigenvalue weighted by atomic mass is 16.3. The second-order valence-corrected chi connectivity index (χ2v) is 5.85. The third-order valence-corrected chi connectivity index (χ3v) is 4.14.